The summed E-state index contributed by atoms with van der Waals surface area (Å²) in [5, 5.41) is 8.21. The first-order valence-electron chi connectivity index (χ1n) is 10.9. The fraction of sp³-hybridized carbons (Fsp3) is 0.185. The molecule has 34 heavy (non-hydrogen) atoms. The molecule has 0 aliphatic heterocycles. The number of nitrogens with one attached hydrogen (secondary N) is 1. The number of hydrogen-bond donors (Lipinski definition) is 1. The van der Waals surface area contributed by atoms with Gasteiger partial charge in [-0.3, -0.25) is 14.6 Å². The van der Waals surface area contributed by atoms with Gasteiger partial charge in [0, 0.05) is 33.8 Å². The van der Waals surface area contributed by atoms with Crippen molar-refractivity contribution in [3.63, 3.8) is 0 Å². The Morgan fingerprint density at radius 3 is 2.47 bits per heavy atom. The molecule has 0 unspecified atom stereocenters. The Bertz CT molecular complexity index is 1390. The van der Waals surface area contributed by atoms with Crippen molar-refractivity contribution in [3.8, 4) is 0 Å². The van der Waals surface area contributed by atoms with Gasteiger partial charge in [-0.15, -0.1) is 0 Å². The molecule has 4 rings (SSSR count). The van der Waals surface area contributed by atoms with Gasteiger partial charge in [0.05, 0.1) is 22.5 Å². The molecule has 0 radical (unpaired) electrons. The molecule has 172 valence electrons. The predicted octanol–water partition coefficient (Wildman–Crippen LogP) is 5.80. The first-order chi connectivity index (χ1) is 16.3. The van der Waals surface area contributed by atoms with Crippen LogP contribution in [0.2, 0.25) is 0 Å². The van der Waals surface area contributed by atoms with Gasteiger partial charge in [0.2, 0.25) is 0 Å². The lowest BCUT2D eigenvalue weighted by atomic mass is 9.96. The highest BCUT2D eigenvalue weighted by molar-refractivity contribution is 7.99. The van der Waals surface area contributed by atoms with E-state index in [0.29, 0.717) is 11.3 Å². The van der Waals surface area contributed by atoms with Crippen molar-refractivity contribution in [3.05, 3.63) is 83.8 Å². The van der Waals surface area contributed by atoms with Gasteiger partial charge >= 0.3 is 0 Å². The zero-order chi connectivity index (χ0) is 24.3. The van der Waals surface area contributed by atoms with E-state index in [4.69, 9.17) is 0 Å². The highest BCUT2D eigenvalue weighted by Crippen LogP contribution is 2.34. The maximum absolute atomic E-state index is 13.2. The van der Waals surface area contributed by atoms with Gasteiger partial charge in [-0.1, -0.05) is 50.7 Å². The molecular weight excluding hydrogens is 444 g/mol. The fourth-order valence-electron chi connectivity index (χ4n) is 3.42. The van der Waals surface area contributed by atoms with E-state index in [1.807, 2.05) is 87.5 Å². The van der Waals surface area contributed by atoms with Crippen LogP contribution < -0.4 is 5.32 Å². The van der Waals surface area contributed by atoms with Crippen LogP contribution in [0.3, 0.4) is 0 Å². The Balaban J connectivity index is 1.79. The number of carbonyl (C=O) groups excluding carboxylic acids is 2. The topological polar surface area (TPSA) is 76.9 Å². The number of carbonyl (C=O) groups is 2. The van der Waals surface area contributed by atoms with Crippen molar-refractivity contribution in [2.24, 2.45) is 5.41 Å². The second-order valence-electron chi connectivity index (χ2n) is 8.80. The third-order valence-electron chi connectivity index (χ3n) is 5.20. The van der Waals surface area contributed by atoms with Gasteiger partial charge in [0.1, 0.15) is 0 Å². The summed E-state index contributed by atoms with van der Waals surface area (Å²) in [6.45, 7) is 5.64. The van der Waals surface area contributed by atoms with E-state index < -0.39 is 5.41 Å². The Morgan fingerprint density at radius 1 is 1.00 bits per heavy atom. The summed E-state index contributed by atoms with van der Waals surface area (Å²) < 4.78 is 1.49. The predicted molar refractivity (Wildman–Crippen MR) is 137 cm³/mol. The van der Waals surface area contributed by atoms with Gasteiger partial charge in [-0.2, -0.15) is 9.78 Å². The molecule has 6 nitrogen and oxygen atoms in total. The van der Waals surface area contributed by atoms with Crippen molar-refractivity contribution in [1.29, 1.82) is 0 Å². The zero-order valence-corrected chi connectivity index (χ0v) is 20.4. The lowest BCUT2D eigenvalue weighted by molar-refractivity contribution is 0.0755. The van der Waals surface area contributed by atoms with E-state index in [2.05, 4.69) is 15.4 Å². The average Bonchev–Trinajstić information content (AvgIpc) is 3.19. The monoisotopic (exact) mass is 470 g/mol. The van der Waals surface area contributed by atoms with Crippen LogP contribution in [-0.4, -0.2) is 33.6 Å². The Labute approximate surface area is 203 Å². The maximum atomic E-state index is 13.2. The van der Waals surface area contributed by atoms with Crippen LogP contribution in [0.4, 0.5) is 0 Å². The minimum atomic E-state index is -0.601. The highest BCUT2D eigenvalue weighted by Gasteiger charge is 2.26. The summed E-state index contributed by atoms with van der Waals surface area (Å²) in [5.74, 6) is -0.234. The standard InChI is InChI=1S/C27H26N4O2S/c1-27(2,3)26(33)31-23-17-19(34-24-11-6-5-10-21(24)25(32)28-4)13-14-20(23)22(30-31)15-12-18-9-7-8-16-29-18/h5-17H,1-4H3,(H,28,32)/b15-12+. The zero-order valence-electron chi connectivity index (χ0n) is 19.6. The van der Waals surface area contributed by atoms with Gasteiger partial charge in [-0.05, 0) is 54.6 Å². The average molecular weight is 471 g/mol. The van der Waals surface area contributed by atoms with Crippen LogP contribution in [0, 0.1) is 5.41 Å². The van der Waals surface area contributed by atoms with Gasteiger partial charge < -0.3 is 5.32 Å². The molecule has 0 fully saturated rings. The van der Waals surface area contributed by atoms with Crippen LogP contribution >= 0.6 is 11.8 Å². The second-order valence-corrected chi connectivity index (χ2v) is 9.91. The summed E-state index contributed by atoms with van der Waals surface area (Å²) in [6, 6.07) is 19.1. The molecule has 2 aromatic heterocycles. The van der Waals surface area contributed by atoms with Crippen molar-refractivity contribution in [1.82, 2.24) is 20.1 Å². The van der Waals surface area contributed by atoms with Gasteiger partial charge in [0.25, 0.3) is 11.8 Å². The van der Waals surface area contributed by atoms with Crippen molar-refractivity contribution < 1.29 is 9.59 Å². The first kappa shape index (κ1) is 23.4. The number of nitrogens with zero attached hydrogens (tertiary/aromatic N) is 3. The Morgan fingerprint density at radius 2 is 1.76 bits per heavy atom. The van der Waals surface area contributed by atoms with E-state index in [1.54, 1.807) is 19.3 Å². The number of amides is 1. The molecule has 0 aliphatic carbocycles. The molecule has 7 heteroatoms. The van der Waals surface area contributed by atoms with E-state index in [1.165, 1.54) is 16.4 Å². The normalized spacial score (nSPS) is 11.8. The summed E-state index contributed by atoms with van der Waals surface area (Å²) in [7, 11) is 1.62. The number of rotatable bonds is 5. The third kappa shape index (κ3) is 4.94. The molecule has 2 aromatic carbocycles. The minimum absolute atomic E-state index is 0.0945. The SMILES string of the molecule is CNC(=O)c1ccccc1Sc1ccc2c(/C=C/c3ccccn3)nn(C(=O)C(C)(C)C)c2c1. The molecule has 0 aliphatic rings. The maximum Gasteiger partial charge on any atom is 0.252 e. The van der Waals surface area contributed by atoms with Crippen molar-refractivity contribution >= 4 is 46.6 Å². The van der Waals surface area contributed by atoms with E-state index in [9.17, 15) is 9.59 Å². The quantitative estimate of drug-likeness (QED) is 0.399. The molecule has 0 saturated carbocycles. The molecular formula is C27H26N4O2S. The molecule has 1 amide bonds. The van der Waals surface area contributed by atoms with Gasteiger partial charge in [0.15, 0.2) is 0 Å². The number of benzene rings is 2. The number of pyridine rings is 1. The fourth-order valence-corrected chi connectivity index (χ4v) is 4.40. The van der Waals surface area contributed by atoms with Crippen LogP contribution in [0.15, 0.2) is 76.7 Å². The van der Waals surface area contributed by atoms with Gasteiger partial charge in [-0.25, -0.2) is 0 Å². The van der Waals surface area contributed by atoms with E-state index in [-0.39, 0.29) is 11.8 Å². The largest absolute Gasteiger partial charge is 0.355 e. The number of hydrogen-bond acceptors (Lipinski definition) is 5. The molecule has 0 bridgehead atoms. The van der Waals surface area contributed by atoms with Crippen LogP contribution in [0.25, 0.3) is 23.1 Å². The summed E-state index contributed by atoms with van der Waals surface area (Å²) >= 11 is 1.48. The number of aromatic nitrogens is 3. The summed E-state index contributed by atoms with van der Waals surface area (Å²) in [5.41, 5.74) is 2.23. The van der Waals surface area contributed by atoms with Crippen LogP contribution in [0.1, 0.15) is 47.3 Å². The molecule has 0 saturated heterocycles. The highest BCUT2D eigenvalue weighted by atomic mass is 32.2. The smallest absolute Gasteiger partial charge is 0.252 e. The lowest BCUT2D eigenvalue weighted by Crippen LogP contribution is -2.27. The molecule has 4 aromatic rings. The number of fused-ring (bicyclic) bond motifs is 1. The lowest BCUT2D eigenvalue weighted by Gasteiger charge is -2.16. The minimum Gasteiger partial charge on any atom is -0.355 e. The molecule has 0 spiro atoms. The Hall–Kier alpha value is -3.71. The van der Waals surface area contributed by atoms with Crippen molar-refractivity contribution in [2.45, 2.75) is 30.6 Å². The van der Waals surface area contributed by atoms with Crippen LogP contribution in [0.5, 0.6) is 0 Å². The first-order valence-corrected chi connectivity index (χ1v) is 11.8. The summed E-state index contributed by atoms with van der Waals surface area (Å²) in [4.78, 5) is 31.6. The molecule has 2 heterocycles. The Kier molecular flexibility index (Phi) is 6.65. The van der Waals surface area contributed by atoms with E-state index in [0.717, 1.165) is 26.4 Å². The van der Waals surface area contributed by atoms with Crippen molar-refractivity contribution in [2.75, 3.05) is 7.05 Å². The summed E-state index contributed by atoms with van der Waals surface area (Å²) in [6.07, 6.45) is 5.50. The van der Waals surface area contributed by atoms with Crippen LogP contribution in [-0.2, 0) is 0 Å². The molecule has 0 atom stereocenters. The second kappa shape index (κ2) is 9.65. The van der Waals surface area contributed by atoms with E-state index >= 15 is 0 Å². The molecule has 1 N–H and O–H groups in total. The third-order valence-corrected chi connectivity index (χ3v) is 6.27.